The van der Waals surface area contributed by atoms with Crippen molar-refractivity contribution >= 4 is 23.9 Å². The molecule has 2 amide bonds. The highest BCUT2D eigenvalue weighted by molar-refractivity contribution is 6.27. The average molecular weight is 406 g/mol. The number of fused-ring (bicyclic) bond motifs is 2. The minimum atomic E-state index is -0.104. The van der Waals surface area contributed by atoms with Crippen LogP contribution in [0.15, 0.2) is 30.5 Å². The molecule has 4 rings (SSSR count). The SMILES string of the molecule is N=CC(=N)CCCNC(=O)N1CCc2nc(NC3Cc4ccccc4C3)ncc2C1. The Labute approximate surface area is 176 Å². The molecule has 0 radical (unpaired) electrons. The van der Waals surface area contributed by atoms with E-state index in [0.717, 1.165) is 30.3 Å². The molecule has 2 aliphatic rings. The summed E-state index contributed by atoms with van der Waals surface area (Å²) < 4.78 is 0. The molecule has 0 bridgehead atoms. The van der Waals surface area contributed by atoms with E-state index in [0.29, 0.717) is 50.9 Å². The summed E-state index contributed by atoms with van der Waals surface area (Å²) in [5, 5.41) is 20.8. The van der Waals surface area contributed by atoms with Gasteiger partial charge in [-0.2, -0.15) is 0 Å². The first-order valence-corrected chi connectivity index (χ1v) is 10.4. The number of carbonyl (C=O) groups excluding carboxylic acids is 1. The average Bonchev–Trinajstić information content (AvgIpc) is 3.18. The normalized spacial score (nSPS) is 15.3. The third-order valence-electron chi connectivity index (χ3n) is 5.68. The largest absolute Gasteiger partial charge is 0.351 e. The molecule has 4 N–H and O–H groups in total. The molecule has 8 heteroatoms. The first kappa shape index (κ1) is 20.0. The van der Waals surface area contributed by atoms with E-state index in [-0.39, 0.29) is 11.7 Å². The van der Waals surface area contributed by atoms with Gasteiger partial charge in [0.15, 0.2) is 0 Å². The topological polar surface area (TPSA) is 118 Å². The van der Waals surface area contributed by atoms with Gasteiger partial charge in [0.1, 0.15) is 0 Å². The summed E-state index contributed by atoms with van der Waals surface area (Å²) in [6, 6.07) is 8.75. The van der Waals surface area contributed by atoms with Gasteiger partial charge in [-0.3, -0.25) is 0 Å². The molecule has 0 atom stereocenters. The van der Waals surface area contributed by atoms with Crippen LogP contribution in [0.2, 0.25) is 0 Å². The molecular formula is C22H27N7O. The van der Waals surface area contributed by atoms with Crippen LogP contribution in [0.4, 0.5) is 10.7 Å². The molecular weight excluding hydrogens is 378 g/mol. The van der Waals surface area contributed by atoms with Crippen molar-refractivity contribution in [2.24, 2.45) is 0 Å². The van der Waals surface area contributed by atoms with Crippen molar-refractivity contribution in [3.05, 3.63) is 52.8 Å². The number of nitrogens with zero attached hydrogens (tertiary/aromatic N) is 3. The molecule has 1 aliphatic heterocycles. The Morgan fingerprint density at radius 2 is 2.00 bits per heavy atom. The minimum Gasteiger partial charge on any atom is -0.351 e. The van der Waals surface area contributed by atoms with Gasteiger partial charge in [-0.05, 0) is 36.8 Å². The first-order chi connectivity index (χ1) is 14.6. The van der Waals surface area contributed by atoms with Crippen LogP contribution in [0.5, 0.6) is 0 Å². The van der Waals surface area contributed by atoms with E-state index in [1.54, 1.807) is 4.90 Å². The van der Waals surface area contributed by atoms with Crippen molar-refractivity contribution < 1.29 is 4.79 Å². The molecule has 30 heavy (non-hydrogen) atoms. The lowest BCUT2D eigenvalue weighted by molar-refractivity contribution is 0.192. The van der Waals surface area contributed by atoms with Crippen LogP contribution in [0.3, 0.4) is 0 Å². The highest BCUT2D eigenvalue weighted by Crippen LogP contribution is 2.24. The van der Waals surface area contributed by atoms with E-state index < -0.39 is 0 Å². The van der Waals surface area contributed by atoms with E-state index in [2.05, 4.69) is 39.9 Å². The number of carbonyl (C=O) groups is 1. The summed E-state index contributed by atoms with van der Waals surface area (Å²) in [6.07, 6.45) is 6.72. The Kier molecular flexibility index (Phi) is 6.02. The Bertz CT molecular complexity index is 933. The molecule has 0 unspecified atom stereocenters. The van der Waals surface area contributed by atoms with Crippen molar-refractivity contribution in [3.8, 4) is 0 Å². The summed E-state index contributed by atoms with van der Waals surface area (Å²) >= 11 is 0. The van der Waals surface area contributed by atoms with Gasteiger partial charge in [0.2, 0.25) is 5.95 Å². The number of aromatic nitrogens is 2. The second-order valence-electron chi connectivity index (χ2n) is 7.86. The third kappa shape index (κ3) is 4.64. The van der Waals surface area contributed by atoms with Gasteiger partial charge in [-0.1, -0.05) is 24.3 Å². The number of benzene rings is 1. The Morgan fingerprint density at radius 1 is 1.23 bits per heavy atom. The molecule has 0 saturated carbocycles. The fraction of sp³-hybridized carbons (Fsp3) is 0.409. The van der Waals surface area contributed by atoms with Crippen molar-refractivity contribution in [2.45, 2.75) is 44.7 Å². The molecule has 156 valence electrons. The van der Waals surface area contributed by atoms with E-state index in [1.807, 2.05) is 6.20 Å². The van der Waals surface area contributed by atoms with Gasteiger partial charge in [0, 0.05) is 49.2 Å². The predicted octanol–water partition coefficient (Wildman–Crippen LogP) is 2.57. The zero-order valence-corrected chi connectivity index (χ0v) is 16.9. The van der Waals surface area contributed by atoms with Crippen molar-refractivity contribution in [3.63, 3.8) is 0 Å². The lowest BCUT2D eigenvalue weighted by Gasteiger charge is -2.28. The summed E-state index contributed by atoms with van der Waals surface area (Å²) in [4.78, 5) is 23.4. The standard InChI is InChI=1S/C22H27N7O/c23-12-18(24)6-3-8-25-22(30)29-9-7-20-17(14-29)13-26-21(28-20)27-19-10-15-4-1-2-5-16(15)11-19/h1-2,4-5,12-13,19,23-24H,3,6-11,14H2,(H,25,30)(H,26,27,28). The molecule has 0 fully saturated rings. The van der Waals surface area contributed by atoms with Gasteiger partial charge in [-0.15, -0.1) is 0 Å². The number of anilines is 1. The molecule has 1 aromatic carbocycles. The summed E-state index contributed by atoms with van der Waals surface area (Å²) in [5.41, 5.74) is 5.06. The predicted molar refractivity (Wildman–Crippen MR) is 117 cm³/mol. The second-order valence-corrected chi connectivity index (χ2v) is 7.86. The molecule has 8 nitrogen and oxygen atoms in total. The zero-order chi connectivity index (χ0) is 20.9. The lowest BCUT2D eigenvalue weighted by Crippen LogP contribution is -2.43. The number of urea groups is 1. The fourth-order valence-electron chi connectivity index (χ4n) is 4.06. The maximum Gasteiger partial charge on any atom is 0.317 e. The third-order valence-corrected chi connectivity index (χ3v) is 5.68. The van der Waals surface area contributed by atoms with Crippen LogP contribution < -0.4 is 10.6 Å². The van der Waals surface area contributed by atoms with Gasteiger partial charge >= 0.3 is 6.03 Å². The van der Waals surface area contributed by atoms with Crippen LogP contribution in [-0.2, 0) is 25.8 Å². The Balaban J connectivity index is 1.29. The minimum absolute atomic E-state index is 0.104. The molecule has 1 aromatic heterocycles. The van der Waals surface area contributed by atoms with Gasteiger partial charge in [-0.25, -0.2) is 14.8 Å². The highest BCUT2D eigenvalue weighted by atomic mass is 16.2. The number of amides is 2. The van der Waals surface area contributed by atoms with Gasteiger partial charge in [0.25, 0.3) is 0 Å². The van der Waals surface area contributed by atoms with Crippen molar-refractivity contribution in [2.75, 3.05) is 18.4 Å². The monoisotopic (exact) mass is 405 g/mol. The van der Waals surface area contributed by atoms with Gasteiger partial charge < -0.3 is 26.4 Å². The molecule has 0 saturated heterocycles. The number of nitrogens with one attached hydrogen (secondary N) is 4. The fourth-order valence-corrected chi connectivity index (χ4v) is 4.06. The molecule has 1 aliphatic carbocycles. The number of rotatable bonds is 7. The zero-order valence-electron chi connectivity index (χ0n) is 16.9. The Morgan fingerprint density at radius 3 is 2.73 bits per heavy atom. The van der Waals surface area contributed by atoms with E-state index >= 15 is 0 Å². The lowest BCUT2D eigenvalue weighted by atomic mass is 10.1. The van der Waals surface area contributed by atoms with Crippen LogP contribution in [0.1, 0.15) is 35.2 Å². The van der Waals surface area contributed by atoms with E-state index in [4.69, 9.17) is 15.8 Å². The highest BCUT2D eigenvalue weighted by Gasteiger charge is 2.24. The van der Waals surface area contributed by atoms with Crippen molar-refractivity contribution in [1.82, 2.24) is 20.2 Å². The second kappa shape index (κ2) is 9.02. The maximum absolute atomic E-state index is 12.4. The summed E-state index contributed by atoms with van der Waals surface area (Å²) in [5.74, 6) is 0.665. The van der Waals surface area contributed by atoms with Crippen LogP contribution in [-0.4, -0.2) is 52.0 Å². The smallest absolute Gasteiger partial charge is 0.317 e. The number of hydrogen-bond donors (Lipinski definition) is 4. The molecule has 2 aromatic rings. The first-order valence-electron chi connectivity index (χ1n) is 10.4. The summed E-state index contributed by atoms with van der Waals surface area (Å²) in [6.45, 7) is 1.63. The van der Waals surface area contributed by atoms with Crippen LogP contribution in [0, 0.1) is 10.8 Å². The van der Waals surface area contributed by atoms with Crippen LogP contribution in [0.25, 0.3) is 0 Å². The summed E-state index contributed by atoms with van der Waals surface area (Å²) in [7, 11) is 0. The quantitative estimate of drug-likeness (QED) is 0.418. The van der Waals surface area contributed by atoms with E-state index in [9.17, 15) is 4.79 Å². The molecule has 0 spiro atoms. The number of hydrogen-bond acceptors (Lipinski definition) is 6. The van der Waals surface area contributed by atoms with Crippen molar-refractivity contribution in [1.29, 1.82) is 10.8 Å². The Hall–Kier alpha value is -3.29. The van der Waals surface area contributed by atoms with Crippen LogP contribution >= 0.6 is 0 Å². The van der Waals surface area contributed by atoms with Gasteiger partial charge in [0.05, 0.1) is 12.2 Å². The maximum atomic E-state index is 12.4. The molecule has 2 heterocycles. The van der Waals surface area contributed by atoms with E-state index in [1.165, 1.54) is 11.1 Å².